The molecule has 3 rings (SSSR count). The molecule has 0 unspecified atom stereocenters. The zero-order valence-corrected chi connectivity index (χ0v) is 16.7. The van der Waals surface area contributed by atoms with Gasteiger partial charge in [-0.2, -0.15) is 5.26 Å². The van der Waals surface area contributed by atoms with Crippen LogP contribution in [0.1, 0.15) is 15.9 Å². The highest BCUT2D eigenvalue weighted by Gasteiger charge is 2.15. The molecule has 0 radical (unpaired) electrons. The standard InChI is InChI=1S/C21H16ClN3O3S/c22-17-5-9-19(10-6-17)25-29(27,28)20-11-3-16(4-12-20)21(26)24-18-7-1-15(2-8-18)13-14-23/h1-12,25H,13H2,(H,24,26). The third kappa shape index (κ3) is 5.35. The van der Waals surface area contributed by atoms with E-state index < -0.39 is 10.0 Å². The Kier molecular flexibility index (Phi) is 6.17. The van der Waals surface area contributed by atoms with Crippen LogP contribution in [-0.4, -0.2) is 14.3 Å². The molecule has 0 aliphatic rings. The van der Waals surface area contributed by atoms with Gasteiger partial charge in [0.25, 0.3) is 15.9 Å². The normalized spacial score (nSPS) is 10.8. The fourth-order valence-corrected chi connectivity index (χ4v) is 3.70. The van der Waals surface area contributed by atoms with E-state index in [9.17, 15) is 13.2 Å². The number of hydrogen-bond donors (Lipinski definition) is 2. The quantitative estimate of drug-likeness (QED) is 0.609. The monoisotopic (exact) mass is 425 g/mol. The van der Waals surface area contributed by atoms with Gasteiger partial charge in [0.05, 0.1) is 17.4 Å². The molecule has 0 aliphatic heterocycles. The van der Waals surface area contributed by atoms with Crippen molar-refractivity contribution in [2.24, 2.45) is 0 Å². The highest BCUT2D eigenvalue weighted by molar-refractivity contribution is 7.92. The van der Waals surface area contributed by atoms with Gasteiger partial charge < -0.3 is 5.32 Å². The van der Waals surface area contributed by atoms with Gasteiger partial charge in [-0.15, -0.1) is 0 Å². The van der Waals surface area contributed by atoms with Crippen LogP contribution in [0.2, 0.25) is 5.02 Å². The molecule has 8 heteroatoms. The summed E-state index contributed by atoms with van der Waals surface area (Å²) in [4.78, 5) is 12.4. The van der Waals surface area contributed by atoms with Gasteiger partial charge >= 0.3 is 0 Å². The van der Waals surface area contributed by atoms with Crippen LogP contribution in [0, 0.1) is 11.3 Å². The number of benzene rings is 3. The maximum atomic E-state index is 12.5. The highest BCUT2D eigenvalue weighted by Crippen LogP contribution is 2.19. The molecule has 3 aromatic rings. The summed E-state index contributed by atoms with van der Waals surface area (Å²) in [6.45, 7) is 0. The Bertz CT molecular complexity index is 1150. The Morgan fingerprint density at radius 3 is 2.07 bits per heavy atom. The van der Waals surface area contributed by atoms with E-state index in [1.807, 2.05) is 0 Å². The predicted octanol–water partition coefficient (Wildman–Crippen LogP) is 4.46. The second-order valence-corrected chi connectivity index (χ2v) is 8.24. The lowest BCUT2D eigenvalue weighted by Crippen LogP contribution is -2.14. The van der Waals surface area contributed by atoms with Gasteiger partial charge in [0.1, 0.15) is 0 Å². The van der Waals surface area contributed by atoms with Gasteiger partial charge in [0, 0.05) is 22.0 Å². The number of nitrogens with zero attached hydrogens (tertiary/aromatic N) is 1. The Morgan fingerprint density at radius 1 is 0.897 bits per heavy atom. The molecule has 0 fully saturated rings. The summed E-state index contributed by atoms with van der Waals surface area (Å²) in [5, 5.41) is 11.9. The minimum atomic E-state index is -3.79. The number of carbonyl (C=O) groups is 1. The summed E-state index contributed by atoms with van der Waals surface area (Å²) in [6, 6.07) is 20.9. The second-order valence-electron chi connectivity index (χ2n) is 6.12. The Labute approximate surface area is 173 Å². The van der Waals surface area contributed by atoms with E-state index in [4.69, 9.17) is 16.9 Å². The van der Waals surface area contributed by atoms with Crippen molar-refractivity contribution in [2.45, 2.75) is 11.3 Å². The van der Waals surface area contributed by atoms with Gasteiger partial charge in [-0.3, -0.25) is 9.52 Å². The second kappa shape index (κ2) is 8.78. The van der Waals surface area contributed by atoms with Crippen LogP contribution in [0.25, 0.3) is 0 Å². The van der Waals surface area contributed by atoms with Crippen molar-refractivity contribution in [3.8, 4) is 6.07 Å². The largest absolute Gasteiger partial charge is 0.322 e. The van der Waals surface area contributed by atoms with Crippen molar-refractivity contribution in [3.63, 3.8) is 0 Å². The van der Waals surface area contributed by atoms with Crippen LogP contribution in [-0.2, 0) is 16.4 Å². The topological polar surface area (TPSA) is 99.1 Å². The van der Waals surface area contributed by atoms with Crippen LogP contribution in [0.5, 0.6) is 0 Å². The summed E-state index contributed by atoms with van der Waals surface area (Å²) in [5.41, 5.74) is 2.14. The number of sulfonamides is 1. The van der Waals surface area contributed by atoms with Gasteiger partial charge in [-0.05, 0) is 66.2 Å². The first-order valence-corrected chi connectivity index (χ1v) is 10.4. The molecule has 29 heavy (non-hydrogen) atoms. The molecular weight excluding hydrogens is 410 g/mol. The van der Waals surface area contributed by atoms with Crippen molar-refractivity contribution in [2.75, 3.05) is 10.0 Å². The van der Waals surface area contributed by atoms with E-state index in [-0.39, 0.29) is 10.8 Å². The lowest BCUT2D eigenvalue weighted by molar-refractivity contribution is 0.102. The van der Waals surface area contributed by atoms with Crippen LogP contribution < -0.4 is 10.0 Å². The molecule has 3 aromatic carbocycles. The first-order chi connectivity index (χ1) is 13.9. The molecule has 0 saturated carbocycles. The van der Waals surface area contributed by atoms with E-state index >= 15 is 0 Å². The minimum Gasteiger partial charge on any atom is -0.322 e. The molecule has 0 aromatic heterocycles. The molecule has 146 valence electrons. The first kappa shape index (κ1) is 20.4. The van der Waals surface area contributed by atoms with Crippen LogP contribution in [0.3, 0.4) is 0 Å². The molecule has 0 spiro atoms. The molecule has 6 nitrogen and oxygen atoms in total. The van der Waals surface area contributed by atoms with Crippen molar-refractivity contribution in [1.29, 1.82) is 5.26 Å². The van der Waals surface area contributed by atoms with Gasteiger partial charge in [0.15, 0.2) is 0 Å². The Hall–Kier alpha value is -3.34. The zero-order valence-electron chi connectivity index (χ0n) is 15.1. The average molecular weight is 426 g/mol. The minimum absolute atomic E-state index is 0.0323. The van der Waals surface area contributed by atoms with Gasteiger partial charge in [-0.1, -0.05) is 23.7 Å². The molecule has 0 saturated heterocycles. The van der Waals surface area contributed by atoms with Gasteiger partial charge in [-0.25, -0.2) is 8.42 Å². The van der Waals surface area contributed by atoms with Crippen molar-refractivity contribution in [3.05, 3.63) is 88.9 Å². The number of rotatable bonds is 6. The number of anilines is 2. The molecule has 0 atom stereocenters. The van der Waals surface area contributed by atoms with Crippen molar-refractivity contribution in [1.82, 2.24) is 0 Å². The van der Waals surface area contributed by atoms with E-state index in [2.05, 4.69) is 16.1 Å². The van der Waals surface area contributed by atoms with E-state index in [0.29, 0.717) is 28.4 Å². The number of halogens is 1. The number of amides is 1. The van der Waals surface area contributed by atoms with Crippen LogP contribution >= 0.6 is 11.6 Å². The first-order valence-electron chi connectivity index (χ1n) is 8.53. The Balaban J connectivity index is 1.69. The predicted molar refractivity (Wildman–Crippen MR) is 112 cm³/mol. The molecule has 2 N–H and O–H groups in total. The summed E-state index contributed by atoms with van der Waals surface area (Å²) < 4.78 is 27.4. The third-order valence-corrected chi connectivity index (χ3v) is 5.67. The Morgan fingerprint density at radius 2 is 1.48 bits per heavy atom. The third-order valence-electron chi connectivity index (χ3n) is 4.02. The summed E-state index contributed by atoms with van der Waals surface area (Å²) >= 11 is 5.80. The number of nitrogens with one attached hydrogen (secondary N) is 2. The highest BCUT2D eigenvalue weighted by atomic mass is 35.5. The zero-order chi connectivity index (χ0) is 20.9. The number of nitriles is 1. The lowest BCUT2D eigenvalue weighted by Gasteiger charge is -2.09. The molecule has 0 aliphatic carbocycles. The maximum Gasteiger partial charge on any atom is 0.261 e. The summed E-state index contributed by atoms with van der Waals surface area (Å²) in [7, 11) is -3.79. The molecule has 0 bridgehead atoms. The summed E-state index contributed by atoms with van der Waals surface area (Å²) in [5.74, 6) is -0.368. The number of hydrogen-bond acceptors (Lipinski definition) is 4. The van der Waals surface area contributed by atoms with Crippen LogP contribution in [0.4, 0.5) is 11.4 Å². The molecule has 1 amide bonds. The fraction of sp³-hybridized carbons (Fsp3) is 0.0476. The van der Waals surface area contributed by atoms with E-state index in [1.165, 1.54) is 24.3 Å². The summed E-state index contributed by atoms with van der Waals surface area (Å²) in [6.07, 6.45) is 0.300. The van der Waals surface area contributed by atoms with Crippen molar-refractivity contribution >= 4 is 38.9 Å². The smallest absolute Gasteiger partial charge is 0.261 e. The molecular formula is C21H16ClN3O3S. The van der Waals surface area contributed by atoms with Gasteiger partial charge in [0.2, 0.25) is 0 Å². The molecule has 0 heterocycles. The average Bonchev–Trinajstić information content (AvgIpc) is 2.71. The van der Waals surface area contributed by atoms with Crippen molar-refractivity contribution < 1.29 is 13.2 Å². The fourth-order valence-electron chi connectivity index (χ4n) is 2.52. The lowest BCUT2D eigenvalue weighted by atomic mass is 10.1. The van der Waals surface area contributed by atoms with E-state index in [0.717, 1.165) is 5.56 Å². The van der Waals surface area contributed by atoms with Crippen LogP contribution in [0.15, 0.2) is 77.7 Å². The maximum absolute atomic E-state index is 12.5. The SMILES string of the molecule is N#CCc1ccc(NC(=O)c2ccc(S(=O)(=O)Nc3ccc(Cl)cc3)cc2)cc1. The van der Waals surface area contributed by atoms with E-state index in [1.54, 1.807) is 48.5 Å². The number of carbonyl (C=O) groups excluding carboxylic acids is 1.